The third-order valence-corrected chi connectivity index (χ3v) is 7.16. The number of rotatable bonds is 8. The molecule has 0 spiro atoms. The number of hydrogen-bond donors (Lipinski definition) is 4. The molecule has 7 heteroatoms. The number of aromatic nitrogens is 2. The van der Waals surface area contributed by atoms with E-state index in [0.29, 0.717) is 13.0 Å². The van der Waals surface area contributed by atoms with Gasteiger partial charge in [-0.3, -0.25) is 14.6 Å². The summed E-state index contributed by atoms with van der Waals surface area (Å²) in [4.78, 5) is 33.5. The van der Waals surface area contributed by atoms with E-state index in [1.165, 1.54) is 6.07 Å². The van der Waals surface area contributed by atoms with Crippen LogP contribution < -0.4 is 10.6 Å². The first-order chi connectivity index (χ1) is 18.7. The molecular formula is C32H34N4O3. The Hall–Kier alpha value is -4.39. The fourth-order valence-electron chi connectivity index (χ4n) is 5.34. The summed E-state index contributed by atoms with van der Waals surface area (Å²) in [5, 5.41) is 16.4. The number of nitrogens with zero attached hydrogens (tertiary/aromatic N) is 1. The number of aromatic amines is 1. The molecule has 1 aliphatic rings. The van der Waals surface area contributed by atoms with Crippen molar-refractivity contribution in [2.75, 3.05) is 11.9 Å². The standard InChI is InChI=1S/C32H34N4O3/c1-20(19-34-31(39)24-9-4-5-10-26(24)37)15-21-7-6-8-23(16-21)35-30-28-25(17-32(2,3)18-27(28)38)36-29(30)22-11-13-33-14-12-22/h4-14,16,20,35-37H,15,17-19H2,1-3H3,(H,34,39). The van der Waals surface area contributed by atoms with Crippen molar-refractivity contribution in [3.63, 3.8) is 0 Å². The highest BCUT2D eigenvalue weighted by Crippen LogP contribution is 2.43. The summed E-state index contributed by atoms with van der Waals surface area (Å²) in [7, 11) is 0. The van der Waals surface area contributed by atoms with Gasteiger partial charge in [-0.2, -0.15) is 0 Å². The number of pyridine rings is 1. The van der Waals surface area contributed by atoms with Crippen molar-refractivity contribution in [3.8, 4) is 17.0 Å². The summed E-state index contributed by atoms with van der Waals surface area (Å²) in [5.41, 5.74) is 6.57. The first-order valence-corrected chi connectivity index (χ1v) is 13.3. The highest BCUT2D eigenvalue weighted by Gasteiger charge is 2.35. The van der Waals surface area contributed by atoms with Crippen molar-refractivity contribution in [3.05, 3.63) is 95.4 Å². The number of aromatic hydroxyl groups is 1. The first kappa shape index (κ1) is 26.2. The monoisotopic (exact) mass is 522 g/mol. The van der Waals surface area contributed by atoms with Gasteiger partial charge in [0.05, 0.1) is 22.5 Å². The summed E-state index contributed by atoms with van der Waals surface area (Å²) in [5.74, 6) is 0.00202. The van der Waals surface area contributed by atoms with Crippen LogP contribution in [0.3, 0.4) is 0 Å². The summed E-state index contributed by atoms with van der Waals surface area (Å²) < 4.78 is 0. The van der Waals surface area contributed by atoms with Gasteiger partial charge in [0.15, 0.2) is 5.78 Å². The molecular weight excluding hydrogens is 488 g/mol. The van der Waals surface area contributed by atoms with Gasteiger partial charge in [-0.25, -0.2) is 0 Å². The molecule has 1 aliphatic carbocycles. The molecule has 2 aromatic heterocycles. The van der Waals surface area contributed by atoms with Crippen LogP contribution in [0.2, 0.25) is 0 Å². The second-order valence-corrected chi connectivity index (χ2v) is 11.3. The van der Waals surface area contributed by atoms with E-state index in [0.717, 1.165) is 52.3 Å². The fraction of sp³-hybridized carbons (Fsp3) is 0.281. The molecule has 0 saturated carbocycles. The van der Waals surface area contributed by atoms with Gasteiger partial charge in [-0.05, 0) is 66.1 Å². The number of hydrogen-bond acceptors (Lipinski definition) is 5. The minimum atomic E-state index is -0.288. The van der Waals surface area contributed by atoms with Crippen LogP contribution in [-0.2, 0) is 12.8 Å². The summed E-state index contributed by atoms with van der Waals surface area (Å²) in [6.45, 7) is 6.81. The molecule has 0 bridgehead atoms. The maximum atomic E-state index is 13.3. The minimum absolute atomic E-state index is 0.0263. The number of ketones is 1. The minimum Gasteiger partial charge on any atom is -0.507 e. The second-order valence-electron chi connectivity index (χ2n) is 11.3. The molecule has 0 fully saturated rings. The Balaban J connectivity index is 1.34. The van der Waals surface area contributed by atoms with Gasteiger partial charge in [-0.1, -0.05) is 45.0 Å². The maximum Gasteiger partial charge on any atom is 0.255 e. The van der Waals surface area contributed by atoms with Crippen molar-refractivity contribution in [1.29, 1.82) is 0 Å². The summed E-state index contributed by atoms with van der Waals surface area (Å²) in [6.07, 6.45) is 5.58. The SMILES string of the molecule is CC(CNC(=O)c1ccccc1O)Cc1cccc(Nc2c(-c3ccncc3)[nH]c3c2C(=O)CC(C)(C)C3)c1. The lowest BCUT2D eigenvalue weighted by Gasteiger charge is -2.28. The number of Topliss-reactive ketones (excluding diaryl/α,β-unsaturated/α-hetero) is 1. The van der Waals surface area contributed by atoms with E-state index in [1.54, 1.807) is 30.6 Å². The number of para-hydroxylation sites is 1. The van der Waals surface area contributed by atoms with Gasteiger partial charge < -0.3 is 20.7 Å². The number of H-pyrrole nitrogens is 1. The topological polar surface area (TPSA) is 107 Å². The zero-order valence-corrected chi connectivity index (χ0v) is 22.5. The normalized spacial score (nSPS) is 14.9. The van der Waals surface area contributed by atoms with E-state index in [4.69, 9.17) is 0 Å². The molecule has 5 rings (SSSR count). The predicted molar refractivity (Wildman–Crippen MR) is 153 cm³/mol. The lowest BCUT2D eigenvalue weighted by Crippen LogP contribution is -2.29. The van der Waals surface area contributed by atoms with E-state index < -0.39 is 0 Å². The van der Waals surface area contributed by atoms with Gasteiger partial charge >= 0.3 is 0 Å². The molecule has 4 N–H and O–H groups in total. The Labute approximate surface area is 228 Å². The van der Waals surface area contributed by atoms with E-state index in [-0.39, 0.29) is 34.3 Å². The largest absolute Gasteiger partial charge is 0.507 e. The number of carbonyl (C=O) groups excluding carboxylic acids is 2. The average molecular weight is 523 g/mol. The van der Waals surface area contributed by atoms with Crippen molar-refractivity contribution in [1.82, 2.24) is 15.3 Å². The van der Waals surface area contributed by atoms with Crippen LogP contribution in [0, 0.1) is 11.3 Å². The highest BCUT2D eigenvalue weighted by molar-refractivity contribution is 6.07. The second kappa shape index (κ2) is 10.8. The van der Waals surface area contributed by atoms with Gasteiger partial charge in [-0.15, -0.1) is 0 Å². The number of carbonyl (C=O) groups is 2. The molecule has 1 amide bonds. The van der Waals surface area contributed by atoms with Gasteiger partial charge in [0, 0.05) is 42.3 Å². The molecule has 0 aliphatic heterocycles. The van der Waals surface area contributed by atoms with E-state index >= 15 is 0 Å². The summed E-state index contributed by atoms with van der Waals surface area (Å²) >= 11 is 0. The Morgan fingerprint density at radius 3 is 2.62 bits per heavy atom. The van der Waals surface area contributed by atoms with Crippen LogP contribution in [0.5, 0.6) is 5.75 Å². The Morgan fingerprint density at radius 2 is 1.85 bits per heavy atom. The number of phenolic OH excluding ortho intramolecular Hbond substituents is 1. The van der Waals surface area contributed by atoms with Gasteiger partial charge in [0.1, 0.15) is 5.75 Å². The molecule has 39 heavy (non-hydrogen) atoms. The van der Waals surface area contributed by atoms with Crippen LogP contribution in [0.15, 0.2) is 73.1 Å². The van der Waals surface area contributed by atoms with Crippen molar-refractivity contribution in [2.24, 2.45) is 11.3 Å². The van der Waals surface area contributed by atoms with E-state index in [9.17, 15) is 14.7 Å². The van der Waals surface area contributed by atoms with Crippen LogP contribution in [0.1, 0.15) is 59.2 Å². The fourth-order valence-corrected chi connectivity index (χ4v) is 5.34. The molecule has 1 atom stereocenters. The Kier molecular flexibility index (Phi) is 7.24. The summed E-state index contributed by atoms with van der Waals surface area (Å²) in [6, 6.07) is 18.6. The predicted octanol–water partition coefficient (Wildman–Crippen LogP) is 6.29. The zero-order chi connectivity index (χ0) is 27.6. The van der Waals surface area contributed by atoms with E-state index in [1.807, 2.05) is 24.3 Å². The number of anilines is 2. The lowest BCUT2D eigenvalue weighted by atomic mass is 9.76. The average Bonchev–Trinajstić information content (AvgIpc) is 3.25. The van der Waals surface area contributed by atoms with Crippen LogP contribution in [0.4, 0.5) is 11.4 Å². The quantitative estimate of drug-likeness (QED) is 0.218. The molecule has 2 heterocycles. The Bertz CT molecular complexity index is 1510. The molecule has 7 nitrogen and oxygen atoms in total. The molecule has 200 valence electrons. The highest BCUT2D eigenvalue weighted by atomic mass is 16.3. The molecule has 1 unspecified atom stereocenters. The third kappa shape index (κ3) is 5.87. The number of amides is 1. The van der Waals surface area contributed by atoms with Crippen LogP contribution >= 0.6 is 0 Å². The Morgan fingerprint density at radius 1 is 1.08 bits per heavy atom. The number of fused-ring (bicyclic) bond motifs is 1. The molecule has 4 aromatic rings. The van der Waals surface area contributed by atoms with Crippen molar-refractivity contribution in [2.45, 2.75) is 40.0 Å². The van der Waals surface area contributed by atoms with Crippen molar-refractivity contribution < 1.29 is 14.7 Å². The third-order valence-electron chi connectivity index (χ3n) is 7.16. The van der Waals surface area contributed by atoms with Gasteiger partial charge in [0.25, 0.3) is 5.91 Å². The number of phenols is 1. The molecule has 0 radical (unpaired) electrons. The lowest BCUT2D eigenvalue weighted by molar-refractivity contribution is 0.0910. The molecule has 0 saturated heterocycles. The zero-order valence-electron chi connectivity index (χ0n) is 22.5. The molecule has 2 aromatic carbocycles. The van der Waals surface area contributed by atoms with Gasteiger partial charge in [0.2, 0.25) is 0 Å². The first-order valence-electron chi connectivity index (χ1n) is 13.3. The number of benzene rings is 2. The van der Waals surface area contributed by atoms with Crippen LogP contribution in [0.25, 0.3) is 11.3 Å². The number of nitrogens with one attached hydrogen (secondary N) is 3. The van der Waals surface area contributed by atoms with Crippen molar-refractivity contribution >= 4 is 23.1 Å². The maximum absolute atomic E-state index is 13.3. The van der Waals surface area contributed by atoms with Crippen LogP contribution in [-0.4, -0.2) is 33.3 Å². The van der Waals surface area contributed by atoms with E-state index in [2.05, 4.69) is 53.5 Å². The smallest absolute Gasteiger partial charge is 0.255 e.